The molecule has 1 aromatic rings. The van der Waals surface area contributed by atoms with Gasteiger partial charge in [0.2, 0.25) is 0 Å². The van der Waals surface area contributed by atoms with E-state index in [0.717, 1.165) is 45.0 Å². The Morgan fingerprint density at radius 3 is 2.33 bits per heavy atom. The van der Waals surface area contributed by atoms with Gasteiger partial charge in [0.25, 0.3) is 0 Å². The first kappa shape index (κ1) is 15.2. The second-order valence-corrected chi connectivity index (χ2v) is 4.55. The van der Waals surface area contributed by atoms with Gasteiger partial charge >= 0.3 is 0 Å². The summed E-state index contributed by atoms with van der Waals surface area (Å²) < 4.78 is 0. The molecule has 0 unspecified atom stereocenters. The topological polar surface area (TPSA) is 32.3 Å². The van der Waals surface area contributed by atoms with Crippen molar-refractivity contribution in [3.8, 4) is 0 Å². The summed E-state index contributed by atoms with van der Waals surface area (Å²) in [6.07, 6.45) is 2.65. The molecular formula is C13H23ClN4. The number of halogens is 1. The van der Waals surface area contributed by atoms with Gasteiger partial charge in [-0.05, 0) is 33.0 Å². The predicted molar refractivity (Wildman–Crippen MR) is 77.3 cm³/mol. The minimum absolute atomic E-state index is 0.502. The maximum Gasteiger partial charge on any atom is 0.134 e. The largest absolute Gasteiger partial charge is 0.357 e. The maximum absolute atomic E-state index is 5.89. The van der Waals surface area contributed by atoms with Crippen LogP contribution in [-0.2, 0) is 0 Å². The van der Waals surface area contributed by atoms with Crippen LogP contribution in [0.15, 0.2) is 12.4 Å². The SMILES string of the molecule is CCN(CC)CCCN(CC)c1cc(Cl)ncn1. The van der Waals surface area contributed by atoms with Crippen LogP contribution >= 0.6 is 11.6 Å². The molecule has 0 aliphatic heterocycles. The minimum Gasteiger partial charge on any atom is -0.357 e. The highest BCUT2D eigenvalue weighted by atomic mass is 35.5. The Labute approximate surface area is 115 Å². The highest BCUT2D eigenvalue weighted by molar-refractivity contribution is 6.29. The molecule has 0 aliphatic rings. The zero-order valence-corrected chi connectivity index (χ0v) is 12.3. The molecule has 1 aromatic heterocycles. The molecule has 0 saturated carbocycles. The maximum atomic E-state index is 5.89. The zero-order valence-electron chi connectivity index (χ0n) is 11.6. The van der Waals surface area contributed by atoms with Crippen molar-refractivity contribution in [2.24, 2.45) is 0 Å². The fourth-order valence-electron chi connectivity index (χ4n) is 1.96. The van der Waals surface area contributed by atoms with Crippen LogP contribution in [0.2, 0.25) is 5.15 Å². The van der Waals surface area contributed by atoms with Gasteiger partial charge in [-0.1, -0.05) is 25.4 Å². The van der Waals surface area contributed by atoms with E-state index in [2.05, 4.69) is 40.5 Å². The van der Waals surface area contributed by atoms with Crippen molar-refractivity contribution >= 4 is 17.4 Å². The second kappa shape index (κ2) is 8.27. The van der Waals surface area contributed by atoms with E-state index in [1.54, 1.807) is 0 Å². The summed E-state index contributed by atoms with van der Waals surface area (Å²) in [5, 5.41) is 0.502. The minimum atomic E-state index is 0.502. The molecule has 0 amide bonds. The second-order valence-electron chi connectivity index (χ2n) is 4.16. The van der Waals surface area contributed by atoms with E-state index in [1.165, 1.54) is 6.33 Å². The summed E-state index contributed by atoms with van der Waals surface area (Å²) in [6.45, 7) is 11.8. The average molecular weight is 271 g/mol. The summed E-state index contributed by atoms with van der Waals surface area (Å²) in [5.41, 5.74) is 0. The van der Waals surface area contributed by atoms with Gasteiger partial charge < -0.3 is 9.80 Å². The Morgan fingerprint density at radius 1 is 1.06 bits per heavy atom. The highest BCUT2D eigenvalue weighted by Gasteiger charge is 2.07. The lowest BCUT2D eigenvalue weighted by molar-refractivity contribution is 0.300. The van der Waals surface area contributed by atoms with Crippen molar-refractivity contribution in [3.63, 3.8) is 0 Å². The molecule has 0 radical (unpaired) electrons. The molecule has 0 bridgehead atoms. The van der Waals surface area contributed by atoms with Crippen LogP contribution in [0.25, 0.3) is 0 Å². The molecule has 18 heavy (non-hydrogen) atoms. The third-order valence-corrected chi connectivity index (χ3v) is 3.33. The van der Waals surface area contributed by atoms with Crippen LogP contribution in [-0.4, -0.2) is 47.6 Å². The number of hydrogen-bond donors (Lipinski definition) is 0. The molecule has 4 nitrogen and oxygen atoms in total. The normalized spacial score (nSPS) is 10.9. The van der Waals surface area contributed by atoms with Crippen molar-refractivity contribution in [1.29, 1.82) is 0 Å². The lowest BCUT2D eigenvalue weighted by Gasteiger charge is -2.24. The Morgan fingerprint density at radius 2 is 1.78 bits per heavy atom. The van der Waals surface area contributed by atoms with E-state index in [0.29, 0.717) is 5.15 Å². The van der Waals surface area contributed by atoms with Crippen LogP contribution in [0, 0.1) is 0 Å². The molecule has 0 spiro atoms. The predicted octanol–water partition coefficient (Wildman–Crippen LogP) is 2.69. The van der Waals surface area contributed by atoms with Crippen molar-refractivity contribution in [3.05, 3.63) is 17.5 Å². The lowest BCUT2D eigenvalue weighted by atomic mass is 10.3. The summed E-state index contributed by atoms with van der Waals surface area (Å²) in [5.74, 6) is 0.914. The first-order valence-corrected chi connectivity index (χ1v) is 7.03. The van der Waals surface area contributed by atoms with Gasteiger partial charge in [0, 0.05) is 19.2 Å². The summed E-state index contributed by atoms with van der Waals surface area (Å²) in [4.78, 5) is 12.8. The molecule has 0 atom stereocenters. The molecule has 0 aliphatic carbocycles. The van der Waals surface area contributed by atoms with Gasteiger partial charge in [-0.15, -0.1) is 0 Å². The number of aromatic nitrogens is 2. The number of hydrogen-bond acceptors (Lipinski definition) is 4. The first-order chi connectivity index (χ1) is 8.71. The van der Waals surface area contributed by atoms with Crippen LogP contribution in [0.1, 0.15) is 27.2 Å². The summed E-state index contributed by atoms with van der Waals surface area (Å²) in [6, 6.07) is 1.82. The average Bonchev–Trinajstić information content (AvgIpc) is 2.39. The van der Waals surface area contributed by atoms with E-state index in [4.69, 9.17) is 11.6 Å². The van der Waals surface area contributed by atoms with E-state index in [-0.39, 0.29) is 0 Å². The van der Waals surface area contributed by atoms with Crippen molar-refractivity contribution in [2.75, 3.05) is 37.6 Å². The van der Waals surface area contributed by atoms with Crippen LogP contribution in [0.5, 0.6) is 0 Å². The molecule has 0 N–H and O–H groups in total. The molecule has 102 valence electrons. The Bertz CT molecular complexity index is 342. The molecule has 5 heteroatoms. The van der Waals surface area contributed by atoms with Gasteiger partial charge in [-0.2, -0.15) is 0 Å². The monoisotopic (exact) mass is 270 g/mol. The molecule has 1 rings (SSSR count). The Balaban J connectivity index is 2.47. The van der Waals surface area contributed by atoms with E-state index >= 15 is 0 Å². The third-order valence-electron chi connectivity index (χ3n) is 3.12. The highest BCUT2D eigenvalue weighted by Crippen LogP contribution is 2.14. The Kier molecular flexibility index (Phi) is 6.98. The molecule has 1 heterocycles. The lowest BCUT2D eigenvalue weighted by Crippen LogP contribution is -2.30. The van der Waals surface area contributed by atoms with Gasteiger partial charge in [0.05, 0.1) is 0 Å². The third kappa shape index (κ3) is 4.78. The summed E-state index contributed by atoms with van der Waals surface area (Å²) >= 11 is 5.89. The van der Waals surface area contributed by atoms with Gasteiger partial charge in [-0.3, -0.25) is 0 Å². The van der Waals surface area contributed by atoms with Crippen LogP contribution in [0.4, 0.5) is 5.82 Å². The fraction of sp³-hybridized carbons (Fsp3) is 0.692. The molecule has 0 saturated heterocycles. The van der Waals surface area contributed by atoms with Crippen molar-refractivity contribution in [2.45, 2.75) is 27.2 Å². The van der Waals surface area contributed by atoms with Gasteiger partial charge in [0.15, 0.2) is 0 Å². The molecular weight excluding hydrogens is 248 g/mol. The van der Waals surface area contributed by atoms with Gasteiger partial charge in [0.1, 0.15) is 17.3 Å². The van der Waals surface area contributed by atoms with Crippen molar-refractivity contribution < 1.29 is 0 Å². The quantitative estimate of drug-likeness (QED) is 0.680. The van der Waals surface area contributed by atoms with Crippen LogP contribution in [0.3, 0.4) is 0 Å². The Hall–Kier alpha value is -0.870. The van der Waals surface area contributed by atoms with Gasteiger partial charge in [-0.25, -0.2) is 9.97 Å². The van der Waals surface area contributed by atoms with E-state index in [1.807, 2.05) is 6.07 Å². The first-order valence-electron chi connectivity index (χ1n) is 6.66. The van der Waals surface area contributed by atoms with Crippen LogP contribution < -0.4 is 4.90 Å². The molecule has 0 fully saturated rings. The van der Waals surface area contributed by atoms with E-state index < -0.39 is 0 Å². The number of anilines is 1. The standard InChI is InChI=1S/C13H23ClN4/c1-4-17(5-2)8-7-9-18(6-3)13-10-12(14)15-11-16-13/h10-11H,4-9H2,1-3H3. The van der Waals surface area contributed by atoms with Crippen molar-refractivity contribution in [1.82, 2.24) is 14.9 Å². The number of nitrogens with zero attached hydrogens (tertiary/aromatic N) is 4. The van der Waals surface area contributed by atoms with E-state index in [9.17, 15) is 0 Å². The fourth-order valence-corrected chi connectivity index (χ4v) is 2.10. The molecule has 0 aromatic carbocycles. The zero-order chi connectivity index (χ0) is 13.4. The number of rotatable bonds is 8. The smallest absolute Gasteiger partial charge is 0.134 e. The summed E-state index contributed by atoms with van der Waals surface area (Å²) in [7, 11) is 0.